The third-order valence-electron chi connectivity index (χ3n) is 2.08. The van der Waals surface area contributed by atoms with Crippen molar-refractivity contribution in [2.24, 2.45) is 5.84 Å². The van der Waals surface area contributed by atoms with Gasteiger partial charge in [-0.15, -0.1) is 0 Å². The number of alkyl halides is 3. The van der Waals surface area contributed by atoms with Gasteiger partial charge in [-0.2, -0.15) is 13.2 Å². The van der Waals surface area contributed by atoms with Crippen molar-refractivity contribution < 1.29 is 22.7 Å². The van der Waals surface area contributed by atoms with Crippen molar-refractivity contribution in [1.29, 1.82) is 0 Å². The number of methoxy groups -OCH3 is 1. The van der Waals surface area contributed by atoms with Gasteiger partial charge in [-0.3, -0.25) is 9.80 Å². The maximum absolute atomic E-state index is 12.7. The summed E-state index contributed by atoms with van der Waals surface area (Å²) in [4.78, 5) is 11.5. The number of rotatable bonds is 2. The smallest absolute Gasteiger partial charge is 0.417 e. The van der Waals surface area contributed by atoms with Crippen molar-refractivity contribution in [2.45, 2.75) is 6.18 Å². The summed E-state index contributed by atoms with van der Waals surface area (Å²) in [6.07, 6.45) is -4.62. The minimum Gasteiger partial charge on any atom is -0.497 e. The molecule has 4 nitrogen and oxygen atoms in total. The Hall–Kier alpha value is -1.76. The fraction of sp³-hybridized carbons (Fsp3) is 0.300. The Kier molecular flexibility index (Phi) is 3.62. The largest absolute Gasteiger partial charge is 0.497 e. The number of benzene rings is 1. The van der Waals surface area contributed by atoms with Crippen LogP contribution < -0.4 is 10.6 Å². The first-order valence-electron chi connectivity index (χ1n) is 4.55. The molecule has 0 radical (unpaired) electrons. The van der Waals surface area contributed by atoms with Gasteiger partial charge in [0.2, 0.25) is 0 Å². The molecule has 2 N–H and O–H groups in total. The monoisotopic (exact) mass is 248 g/mol. The van der Waals surface area contributed by atoms with Gasteiger partial charge in [-0.1, -0.05) is 0 Å². The van der Waals surface area contributed by atoms with Crippen LogP contribution >= 0.6 is 0 Å². The Morgan fingerprint density at radius 2 is 2.00 bits per heavy atom. The second-order valence-corrected chi connectivity index (χ2v) is 3.33. The maximum atomic E-state index is 12.7. The molecule has 0 heterocycles. The summed E-state index contributed by atoms with van der Waals surface area (Å²) in [6, 6.07) is 2.93. The van der Waals surface area contributed by atoms with Crippen molar-refractivity contribution in [3.05, 3.63) is 29.3 Å². The van der Waals surface area contributed by atoms with Gasteiger partial charge >= 0.3 is 6.18 Å². The van der Waals surface area contributed by atoms with E-state index in [0.717, 1.165) is 18.2 Å². The quantitative estimate of drug-likeness (QED) is 0.492. The second-order valence-electron chi connectivity index (χ2n) is 3.33. The van der Waals surface area contributed by atoms with E-state index in [2.05, 4.69) is 0 Å². The van der Waals surface area contributed by atoms with Crippen molar-refractivity contribution >= 4 is 5.91 Å². The zero-order valence-corrected chi connectivity index (χ0v) is 9.21. The Morgan fingerprint density at radius 1 is 1.41 bits per heavy atom. The molecule has 94 valence electrons. The number of nitrogens with zero attached hydrogens (tertiary/aromatic N) is 1. The van der Waals surface area contributed by atoms with Crippen LogP contribution in [0.1, 0.15) is 15.9 Å². The summed E-state index contributed by atoms with van der Waals surface area (Å²) >= 11 is 0. The molecule has 0 atom stereocenters. The summed E-state index contributed by atoms with van der Waals surface area (Å²) in [5.74, 6) is 4.37. The Labute approximate surface area is 95.7 Å². The van der Waals surface area contributed by atoms with Crippen LogP contribution in [0.25, 0.3) is 0 Å². The Balaban J connectivity index is 3.36. The lowest BCUT2D eigenvalue weighted by atomic mass is 10.1. The van der Waals surface area contributed by atoms with Crippen molar-refractivity contribution in [2.75, 3.05) is 14.2 Å². The zero-order valence-electron chi connectivity index (χ0n) is 9.21. The number of hydrazine groups is 1. The molecule has 1 aromatic carbocycles. The number of ether oxygens (including phenoxy) is 1. The predicted octanol–water partition coefficient (Wildman–Crippen LogP) is 1.66. The van der Waals surface area contributed by atoms with Crippen LogP contribution in [0.3, 0.4) is 0 Å². The standard InChI is InChI=1S/C10H11F3N2O2/c1-15(14)9(16)7-5-6(17-2)3-4-8(7)10(11,12)13/h3-5H,14H2,1-2H3. The highest BCUT2D eigenvalue weighted by molar-refractivity contribution is 5.95. The molecule has 1 aromatic rings. The number of nitrogens with two attached hydrogens (primary N) is 1. The molecule has 0 aliphatic heterocycles. The first-order valence-corrected chi connectivity index (χ1v) is 4.55. The molecule has 1 rings (SSSR count). The SMILES string of the molecule is COc1ccc(C(F)(F)F)c(C(=O)N(C)N)c1. The highest BCUT2D eigenvalue weighted by Gasteiger charge is 2.35. The molecule has 1 amide bonds. The summed E-state index contributed by atoms with van der Waals surface area (Å²) in [5, 5.41) is 0.587. The van der Waals surface area contributed by atoms with Crippen LogP contribution in [0.4, 0.5) is 13.2 Å². The summed E-state index contributed by atoms with van der Waals surface area (Å²) in [6.45, 7) is 0. The van der Waals surface area contributed by atoms with E-state index in [1.807, 2.05) is 0 Å². The van der Waals surface area contributed by atoms with E-state index in [9.17, 15) is 18.0 Å². The van der Waals surface area contributed by atoms with Gasteiger partial charge in [0, 0.05) is 7.05 Å². The number of carbonyl (C=O) groups is 1. The lowest BCUT2D eigenvalue weighted by molar-refractivity contribution is -0.138. The number of hydrogen-bond acceptors (Lipinski definition) is 3. The number of halogens is 3. The van der Waals surface area contributed by atoms with E-state index in [4.69, 9.17) is 10.6 Å². The Morgan fingerprint density at radius 3 is 2.41 bits per heavy atom. The summed E-state index contributed by atoms with van der Waals surface area (Å²) in [7, 11) is 2.46. The molecule has 0 bridgehead atoms. The van der Waals surface area contributed by atoms with Gasteiger partial charge in [-0.05, 0) is 18.2 Å². The lowest BCUT2D eigenvalue weighted by Crippen LogP contribution is -2.34. The van der Waals surface area contributed by atoms with E-state index >= 15 is 0 Å². The molecular formula is C10H11F3N2O2. The van der Waals surface area contributed by atoms with Crippen molar-refractivity contribution in [3.8, 4) is 5.75 Å². The summed E-state index contributed by atoms with van der Waals surface area (Å²) < 4.78 is 42.7. The molecule has 0 saturated carbocycles. The van der Waals surface area contributed by atoms with Gasteiger partial charge in [-0.25, -0.2) is 5.84 Å². The van der Waals surface area contributed by atoms with Gasteiger partial charge in [0.05, 0.1) is 18.2 Å². The van der Waals surface area contributed by atoms with Crippen LogP contribution in [0, 0.1) is 0 Å². The van der Waals surface area contributed by atoms with Gasteiger partial charge < -0.3 is 4.74 Å². The minimum absolute atomic E-state index is 0.156. The molecule has 0 spiro atoms. The Bertz CT molecular complexity index is 430. The lowest BCUT2D eigenvalue weighted by Gasteiger charge is -2.16. The maximum Gasteiger partial charge on any atom is 0.417 e. The fourth-order valence-electron chi connectivity index (χ4n) is 1.26. The van der Waals surface area contributed by atoms with E-state index in [0.29, 0.717) is 5.01 Å². The van der Waals surface area contributed by atoms with E-state index in [1.54, 1.807) is 0 Å². The molecule has 0 aliphatic rings. The number of hydrogen-bond donors (Lipinski definition) is 1. The molecule has 0 fully saturated rings. The fourth-order valence-corrected chi connectivity index (χ4v) is 1.26. The molecule has 0 saturated heterocycles. The third kappa shape index (κ3) is 2.88. The predicted molar refractivity (Wildman–Crippen MR) is 54.3 cm³/mol. The first kappa shape index (κ1) is 13.3. The number of amides is 1. The van der Waals surface area contributed by atoms with E-state index in [1.165, 1.54) is 14.2 Å². The molecule has 7 heteroatoms. The average molecular weight is 248 g/mol. The van der Waals surface area contributed by atoms with Gasteiger partial charge in [0.25, 0.3) is 5.91 Å². The molecular weight excluding hydrogens is 237 g/mol. The molecule has 0 aliphatic carbocycles. The summed E-state index contributed by atoms with van der Waals surface area (Å²) in [5.41, 5.74) is -1.58. The third-order valence-corrected chi connectivity index (χ3v) is 2.08. The number of carbonyl (C=O) groups excluding carboxylic acids is 1. The first-order chi connectivity index (χ1) is 7.77. The normalized spacial score (nSPS) is 11.2. The highest BCUT2D eigenvalue weighted by atomic mass is 19.4. The zero-order chi connectivity index (χ0) is 13.2. The van der Waals surface area contributed by atoms with Crippen LogP contribution in [-0.2, 0) is 6.18 Å². The second kappa shape index (κ2) is 4.62. The van der Waals surface area contributed by atoms with Gasteiger partial charge in [0.1, 0.15) is 5.75 Å². The topological polar surface area (TPSA) is 55.6 Å². The molecule has 0 unspecified atom stereocenters. The van der Waals surface area contributed by atoms with Crippen molar-refractivity contribution in [3.63, 3.8) is 0 Å². The minimum atomic E-state index is -4.62. The average Bonchev–Trinajstić information content (AvgIpc) is 2.25. The van der Waals surface area contributed by atoms with Crippen LogP contribution in [-0.4, -0.2) is 25.1 Å². The van der Waals surface area contributed by atoms with E-state index in [-0.39, 0.29) is 5.75 Å². The molecule has 17 heavy (non-hydrogen) atoms. The van der Waals surface area contributed by atoms with E-state index < -0.39 is 23.2 Å². The highest BCUT2D eigenvalue weighted by Crippen LogP contribution is 2.34. The van der Waals surface area contributed by atoms with Crippen molar-refractivity contribution in [1.82, 2.24) is 5.01 Å². The van der Waals surface area contributed by atoms with Crippen LogP contribution in [0.2, 0.25) is 0 Å². The molecule has 0 aromatic heterocycles. The van der Waals surface area contributed by atoms with Crippen LogP contribution in [0.5, 0.6) is 5.75 Å². The van der Waals surface area contributed by atoms with Crippen LogP contribution in [0.15, 0.2) is 18.2 Å². The van der Waals surface area contributed by atoms with Gasteiger partial charge in [0.15, 0.2) is 0 Å².